The van der Waals surface area contributed by atoms with Crippen molar-refractivity contribution in [1.29, 1.82) is 0 Å². The van der Waals surface area contributed by atoms with Crippen molar-refractivity contribution in [2.24, 2.45) is 15.4 Å². The van der Waals surface area contributed by atoms with Gasteiger partial charge in [-0.15, -0.1) is 16.4 Å². The number of nitrogens with one attached hydrogen (secondary N) is 1. The second-order valence-electron chi connectivity index (χ2n) is 5.22. The van der Waals surface area contributed by atoms with E-state index in [0.29, 0.717) is 6.54 Å². The van der Waals surface area contributed by atoms with Gasteiger partial charge in [-0.2, -0.15) is 5.11 Å². The van der Waals surface area contributed by atoms with E-state index in [9.17, 15) is 0 Å². The molecule has 6 heteroatoms. The number of hydrogen-bond acceptors (Lipinski definition) is 6. The van der Waals surface area contributed by atoms with Gasteiger partial charge in [-0.1, -0.05) is 19.1 Å². The quantitative estimate of drug-likeness (QED) is 0.774. The number of aromatic nitrogens is 1. The van der Waals surface area contributed by atoms with Gasteiger partial charge < -0.3 is 5.32 Å². The summed E-state index contributed by atoms with van der Waals surface area (Å²) in [6, 6.07) is 8.43. The van der Waals surface area contributed by atoms with Gasteiger partial charge in [0.05, 0.1) is 11.2 Å². The highest BCUT2D eigenvalue weighted by Crippen LogP contribution is 2.34. The van der Waals surface area contributed by atoms with Crippen LogP contribution < -0.4 is 5.32 Å². The van der Waals surface area contributed by atoms with Crippen LogP contribution in [-0.4, -0.2) is 23.8 Å². The Morgan fingerprint density at radius 3 is 3.00 bits per heavy atom. The first-order chi connectivity index (χ1) is 10.9. The summed E-state index contributed by atoms with van der Waals surface area (Å²) in [7, 11) is 0. The van der Waals surface area contributed by atoms with Crippen LogP contribution in [-0.2, 0) is 0 Å². The van der Waals surface area contributed by atoms with Crippen molar-refractivity contribution in [3.63, 3.8) is 0 Å². The van der Waals surface area contributed by atoms with Crippen LogP contribution in [0.1, 0.15) is 18.9 Å². The lowest BCUT2D eigenvalue weighted by Gasteiger charge is -2.09. The average molecular weight is 309 g/mol. The summed E-state index contributed by atoms with van der Waals surface area (Å²) >= 11 is 1.76. The number of benzene rings is 1. The number of hydrogen-bond donors (Lipinski definition) is 1. The minimum Gasteiger partial charge on any atom is -0.370 e. The largest absolute Gasteiger partial charge is 0.370 e. The Labute approximate surface area is 131 Å². The van der Waals surface area contributed by atoms with E-state index in [1.807, 2.05) is 0 Å². The number of nitrogens with zero attached hydrogens (tertiary/aromatic N) is 4. The van der Waals surface area contributed by atoms with Crippen LogP contribution >= 0.6 is 11.3 Å². The average Bonchev–Trinajstić information content (AvgIpc) is 3.23. The molecule has 0 fully saturated rings. The Morgan fingerprint density at radius 1 is 1.23 bits per heavy atom. The van der Waals surface area contributed by atoms with Gasteiger partial charge in [-0.3, -0.25) is 0 Å². The van der Waals surface area contributed by atoms with Gasteiger partial charge >= 0.3 is 0 Å². The Kier molecular flexibility index (Phi) is 3.31. The van der Waals surface area contributed by atoms with E-state index in [2.05, 4.69) is 57.3 Å². The van der Waals surface area contributed by atoms with Crippen LogP contribution in [0.25, 0.3) is 21.0 Å². The van der Waals surface area contributed by atoms with Crippen LogP contribution in [0.5, 0.6) is 0 Å². The first-order valence-corrected chi connectivity index (χ1v) is 8.23. The summed E-state index contributed by atoms with van der Waals surface area (Å²) in [5.41, 5.74) is 2.93. The molecule has 4 rings (SSSR count). The summed E-state index contributed by atoms with van der Waals surface area (Å²) in [4.78, 5) is 4.82. The molecule has 2 aromatic heterocycles. The molecule has 3 heterocycles. The minimum absolute atomic E-state index is 0.549. The van der Waals surface area contributed by atoms with Crippen molar-refractivity contribution in [2.45, 2.75) is 13.3 Å². The molecule has 22 heavy (non-hydrogen) atoms. The number of thiophene rings is 1. The molecule has 0 radical (unpaired) electrons. The van der Waals surface area contributed by atoms with E-state index in [0.717, 1.165) is 35.6 Å². The molecule has 0 unspecified atom stereocenters. The predicted molar refractivity (Wildman–Crippen MR) is 92.2 cm³/mol. The molecule has 0 saturated heterocycles. The molecular weight excluding hydrogens is 294 g/mol. The molecule has 3 aromatic rings. The second-order valence-corrected chi connectivity index (χ2v) is 6.13. The van der Waals surface area contributed by atoms with E-state index < -0.39 is 0 Å². The highest BCUT2D eigenvalue weighted by atomic mass is 32.1. The Balaban J connectivity index is 1.89. The lowest BCUT2D eigenvalue weighted by Crippen LogP contribution is -2.04. The van der Waals surface area contributed by atoms with Crippen LogP contribution in [0.15, 0.2) is 45.1 Å². The number of rotatable bonds is 4. The van der Waals surface area contributed by atoms with Gasteiger partial charge in [0.15, 0.2) is 0 Å². The number of fused-ring (bicyclic) bond motifs is 3. The molecule has 0 spiro atoms. The summed E-state index contributed by atoms with van der Waals surface area (Å²) in [5.74, 6) is 0.963. The third-order valence-corrected chi connectivity index (χ3v) is 4.67. The molecule has 0 amide bonds. The van der Waals surface area contributed by atoms with E-state index >= 15 is 0 Å². The predicted octanol–water partition coefficient (Wildman–Crippen LogP) is 4.44. The van der Waals surface area contributed by atoms with Crippen molar-refractivity contribution in [3.8, 4) is 0 Å². The third-order valence-electron chi connectivity index (χ3n) is 3.72. The topological polar surface area (TPSA) is 62.0 Å². The maximum atomic E-state index is 4.82. The van der Waals surface area contributed by atoms with Crippen molar-refractivity contribution >= 4 is 43.9 Å². The minimum atomic E-state index is 0.549. The standard InChI is InChI=1S/C16H15N5S/c1-2-6-17-16-12-5-7-22-15(12)11-4-3-10(8-13(11)19-16)14-9-18-21-20-14/h3-5,7-8H,2,6,9H2,1H3,(H,17,19). The zero-order valence-corrected chi connectivity index (χ0v) is 13.0. The lowest BCUT2D eigenvalue weighted by molar-refractivity contribution is 0.974. The molecule has 110 valence electrons. The van der Waals surface area contributed by atoms with Gasteiger partial charge in [0.25, 0.3) is 0 Å². The molecule has 0 aliphatic carbocycles. The number of pyridine rings is 1. The fourth-order valence-electron chi connectivity index (χ4n) is 2.62. The van der Waals surface area contributed by atoms with Crippen molar-refractivity contribution in [3.05, 3.63) is 35.2 Å². The van der Waals surface area contributed by atoms with Crippen LogP contribution in [0.2, 0.25) is 0 Å². The SMILES string of the molecule is CCCNc1nc2cc(C3=NN=NC3)ccc2c2sccc12. The monoisotopic (exact) mass is 309 g/mol. The Hall–Kier alpha value is -2.34. The summed E-state index contributed by atoms with van der Waals surface area (Å²) in [5, 5.41) is 19.6. The van der Waals surface area contributed by atoms with Crippen LogP contribution in [0.4, 0.5) is 5.82 Å². The van der Waals surface area contributed by atoms with Crippen molar-refractivity contribution < 1.29 is 0 Å². The molecule has 1 N–H and O–H groups in total. The van der Waals surface area contributed by atoms with Crippen LogP contribution in [0.3, 0.4) is 0 Å². The molecular formula is C16H15N5S. The normalized spacial score (nSPS) is 14.0. The fraction of sp³-hybridized carbons (Fsp3) is 0.250. The van der Waals surface area contributed by atoms with Gasteiger partial charge in [0, 0.05) is 27.6 Å². The van der Waals surface area contributed by atoms with E-state index in [-0.39, 0.29) is 0 Å². The zero-order valence-electron chi connectivity index (χ0n) is 12.2. The van der Waals surface area contributed by atoms with E-state index in [1.54, 1.807) is 11.3 Å². The van der Waals surface area contributed by atoms with Crippen molar-refractivity contribution in [1.82, 2.24) is 4.98 Å². The van der Waals surface area contributed by atoms with E-state index in [1.165, 1.54) is 15.5 Å². The highest BCUT2D eigenvalue weighted by Gasteiger charge is 2.13. The van der Waals surface area contributed by atoms with Crippen molar-refractivity contribution in [2.75, 3.05) is 18.4 Å². The second kappa shape index (κ2) is 5.46. The number of anilines is 1. The first kappa shape index (κ1) is 13.3. The summed E-state index contributed by atoms with van der Waals surface area (Å²) in [6.07, 6.45) is 1.07. The maximum absolute atomic E-state index is 4.82. The molecule has 0 saturated carbocycles. The first-order valence-electron chi connectivity index (χ1n) is 7.35. The van der Waals surface area contributed by atoms with Gasteiger partial charge in [0.1, 0.15) is 12.4 Å². The highest BCUT2D eigenvalue weighted by molar-refractivity contribution is 7.18. The molecule has 5 nitrogen and oxygen atoms in total. The van der Waals surface area contributed by atoms with Gasteiger partial charge in [-0.25, -0.2) is 4.98 Å². The van der Waals surface area contributed by atoms with Crippen LogP contribution in [0, 0.1) is 0 Å². The Bertz CT molecular complexity index is 909. The maximum Gasteiger partial charge on any atom is 0.135 e. The Morgan fingerprint density at radius 2 is 2.18 bits per heavy atom. The smallest absolute Gasteiger partial charge is 0.135 e. The molecule has 1 aliphatic rings. The molecule has 1 aliphatic heterocycles. The molecule has 1 aromatic carbocycles. The molecule has 0 atom stereocenters. The van der Waals surface area contributed by atoms with Gasteiger partial charge in [-0.05, 0) is 29.2 Å². The zero-order chi connectivity index (χ0) is 14.9. The van der Waals surface area contributed by atoms with Gasteiger partial charge in [0.2, 0.25) is 0 Å². The fourth-order valence-corrected chi connectivity index (χ4v) is 3.56. The lowest BCUT2D eigenvalue weighted by atomic mass is 10.1. The third kappa shape index (κ3) is 2.16. The summed E-state index contributed by atoms with van der Waals surface area (Å²) in [6.45, 7) is 3.63. The summed E-state index contributed by atoms with van der Waals surface area (Å²) < 4.78 is 1.28. The van der Waals surface area contributed by atoms with E-state index in [4.69, 9.17) is 4.98 Å². The molecule has 0 bridgehead atoms.